The lowest BCUT2D eigenvalue weighted by atomic mass is 10.0. The number of nitrogens with one attached hydrogen (secondary N) is 1. The van der Waals surface area contributed by atoms with Crippen LogP contribution in [0.4, 0.5) is 11.9 Å². The van der Waals surface area contributed by atoms with Crippen molar-refractivity contribution >= 4 is 11.9 Å². The van der Waals surface area contributed by atoms with Gasteiger partial charge >= 0.3 is 0 Å². The Kier molecular flexibility index (Phi) is 4.14. The summed E-state index contributed by atoms with van der Waals surface area (Å²) in [6.07, 6.45) is 4.92. The Bertz CT molecular complexity index is 553. The molecule has 0 saturated carbocycles. The lowest BCUT2D eigenvalue weighted by Gasteiger charge is -2.22. The van der Waals surface area contributed by atoms with E-state index < -0.39 is 5.60 Å². The van der Waals surface area contributed by atoms with E-state index in [1.165, 1.54) is 4.68 Å². The molecule has 0 bridgehead atoms. The van der Waals surface area contributed by atoms with Gasteiger partial charge in [-0.15, -0.1) is 0 Å². The first-order chi connectivity index (χ1) is 9.50. The summed E-state index contributed by atoms with van der Waals surface area (Å²) in [6.45, 7) is 4.12. The Labute approximate surface area is 117 Å². The summed E-state index contributed by atoms with van der Waals surface area (Å²) in [4.78, 5) is 12.2. The monoisotopic (exact) mass is 277 g/mol. The first kappa shape index (κ1) is 14.2. The lowest BCUT2D eigenvalue weighted by molar-refractivity contribution is 0.0635. The average Bonchev–Trinajstić information content (AvgIpc) is 2.90. The number of hydrogen-bond donors (Lipinski definition) is 3. The topological polar surface area (TPSA) is 115 Å². The molecule has 2 heterocycles. The van der Waals surface area contributed by atoms with Crippen LogP contribution < -0.4 is 11.1 Å². The standard InChI is InChI=1S/C12H19N7O/c1-3-5-12(2,20)8-14-10-16-9(13)17-11(18-10)19-7-4-6-15-19/h4,6-7,20H,3,5,8H2,1-2H3,(H3,13,14,16,17,18). The van der Waals surface area contributed by atoms with Crippen LogP contribution in [0.15, 0.2) is 18.5 Å². The fraction of sp³-hybridized carbons (Fsp3) is 0.500. The molecule has 8 heteroatoms. The molecule has 2 aromatic heterocycles. The second kappa shape index (κ2) is 5.83. The zero-order chi connectivity index (χ0) is 14.6. The van der Waals surface area contributed by atoms with E-state index in [-0.39, 0.29) is 5.95 Å². The Hall–Kier alpha value is -2.22. The van der Waals surface area contributed by atoms with Crippen molar-refractivity contribution in [3.8, 4) is 5.95 Å². The molecule has 108 valence electrons. The quantitative estimate of drug-likeness (QED) is 0.708. The van der Waals surface area contributed by atoms with Gasteiger partial charge in [0.1, 0.15) is 0 Å². The van der Waals surface area contributed by atoms with E-state index >= 15 is 0 Å². The summed E-state index contributed by atoms with van der Waals surface area (Å²) >= 11 is 0. The van der Waals surface area contributed by atoms with E-state index in [1.54, 1.807) is 25.4 Å². The largest absolute Gasteiger partial charge is 0.388 e. The van der Waals surface area contributed by atoms with Gasteiger partial charge in [0.05, 0.1) is 5.60 Å². The number of aliphatic hydroxyl groups is 1. The van der Waals surface area contributed by atoms with Crippen LogP contribution in [0.25, 0.3) is 5.95 Å². The number of nitrogens with zero attached hydrogens (tertiary/aromatic N) is 5. The van der Waals surface area contributed by atoms with Crippen molar-refractivity contribution < 1.29 is 5.11 Å². The van der Waals surface area contributed by atoms with Gasteiger partial charge < -0.3 is 16.2 Å². The Morgan fingerprint density at radius 2 is 2.20 bits per heavy atom. The van der Waals surface area contributed by atoms with Crippen LogP contribution in [-0.4, -0.2) is 42.0 Å². The minimum absolute atomic E-state index is 0.100. The highest BCUT2D eigenvalue weighted by Crippen LogP contribution is 2.13. The van der Waals surface area contributed by atoms with Gasteiger partial charge in [-0.05, 0) is 19.4 Å². The number of anilines is 2. The highest BCUT2D eigenvalue weighted by atomic mass is 16.3. The fourth-order valence-electron chi connectivity index (χ4n) is 1.85. The zero-order valence-electron chi connectivity index (χ0n) is 11.6. The molecular weight excluding hydrogens is 258 g/mol. The van der Waals surface area contributed by atoms with Crippen molar-refractivity contribution in [1.82, 2.24) is 24.7 Å². The smallest absolute Gasteiger partial charge is 0.257 e. The third kappa shape index (κ3) is 3.64. The maximum absolute atomic E-state index is 10.1. The second-order valence-electron chi connectivity index (χ2n) is 4.87. The van der Waals surface area contributed by atoms with E-state index in [1.807, 2.05) is 6.92 Å². The molecule has 1 unspecified atom stereocenters. The summed E-state index contributed by atoms with van der Waals surface area (Å²) in [5.74, 6) is 0.752. The van der Waals surface area contributed by atoms with E-state index in [4.69, 9.17) is 5.73 Å². The SMILES string of the molecule is CCCC(C)(O)CNc1nc(N)nc(-n2cccn2)n1. The zero-order valence-corrected chi connectivity index (χ0v) is 11.6. The van der Waals surface area contributed by atoms with Gasteiger partial charge in [0.25, 0.3) is 5.95 Å². The molecule has 0 amide bonds. The van der Waals surface area contributed by atoms with Crippen LogP contribution in [0.2, 0.25) is 0 Å². The molecule has 0 radical (unpaired) electrons. The van der Waals surface area contributed by atoms with Gasteiger partial charge in [0.2, 0.25) is 11.9 Å². The van der Waals surface area contributed by atoms with Gasteiger partial charge in [0, 0.05) is 18.9 Å². The Balaban J connectivity index is 2.13. The van der Waals surface area contributed by atoms with Gasteiger partial charge in [-0.1, -0.05) is 13.3 Å². The van der Waals surface area contributed by atoms with Crippen molar-refractivity contribution in [3.05, 3.63) is 18.5 Å². The molecule has 4 N–H and O–H groups in total. The van der Waals surface area contributed by atoms with Crippen LogP contribution in [0.5, 0.6) is 0 Å². The van der Waals surface area contributed by atoms with Crippen molar-refractivity contribution in [2.24, 2.45) is 0 Å². The number of aromatic nitrogens is 5. The maximum Gasteiger partial charge on any atom is 0.257 e. The third-order valence-electron chi connectivity index (χ3n) is 2.77. The van der Waals surface area contributed by atoms with Crippen molar-refractivity contribution in [3.63, 3.8) is 0 Å². The number of nitrogen functional groups attached to an aromatic ring is 1. The van der Waals surface area contributed by atoms with E-state index in [9.17, 15) is 5.11 Å². The average molecular weight is 277 g/mol. The molecule has 0 fully saturated rings. The number of rotatable bonds is 6. The third-order valence-corrected chi connectivity index (χ3v) is 2.77. The molecule has 1 atom stereocenters. The maximum atomic E-state index is 10.1. The minimum Gasteiger partial charge on any atom is -0.388 e. The predicted molar refractivity (Wildman–Crippen MR) is 75.4 cm³/mol. The molecule has 0 aliphatic rings. The van der Waals surface area contributed by atoms with E-state index in [0.717, 1.165) is 6.42 Å². The molecule has 0 aromatic carbocycles. The summed E-state index contributed by atoms with van der Waals surface area (Å²) in [6, 6.07) is 1.76. The van der Waals surface area contributed by atoms with Gasteiger partial charge in [0.15, 0.2) is 0 Å². The molecule has 20 heavy (non-hydrogen) atoms. The summed E-state index contributed by atoms with van der Waals surface area (Å²) in [7, 11) is 0. The van der Waals surface area contributed by atoms with Gasteiger partial charge in [-0.2, -0.15) is 20.1 Å². The molecule has 0 aliphatic heterocycles. The number of nitrogens with two attached hydrogens (primary N) is 1. The van der Waals surface area contributed by atoms with E-state index in [2.05, 4.69) is 25.4 Å². The Morgan fingerprint density at radius 3 is 2.85 bits per heavy atom. The predicted octanol–water partition coefficient (Wildman–Crippen LogP) is 0.602. The van der Waals surface area contributed by atoms with Crippen molar-refractivity contribution in [1.29, 1.82) is 0 Å². The normalized spacial score (nSPS) is 13.9. The second-order valence-corrected chi connectivity index (χ2v) is 4.87. The van der Waals surface area contributed by atoms with Crippen LogP contribution in [-0.2, 0) is 0 Å². The molecule has 2 rings (SSSR count). The highest BCUT2D eigenvalue weighted by molar-refractivity contribution is 5.35. The van der Waals surface area contributed by atoms with E-state index in [0.29, 0.717) is 24.9 Å². The minimum atomic E-state index is -0.817. The highest BCUT2D eigenvalue weighted by Gasteiger charge is 2.19. The summed E-state index contributed by atoms with van der Waals surface area (Å²) in [5, 5.41) is 17.1. The molecule has 0 spiro atoms. The first-order valence-corrected chi connectivity index (χ1v) is 6.48. The lowest BCUT2D eigenvalue weighted by Crippen LogP contribution is -2.33. The van der Waals surface area contributed by atoms with Gasteiger partial charge in [-0.25, -0.2) is 4.68 Å². The van der Waals surface area contributed by atoms with Crippen LogP contribution in [0.3, 0.4) is 0 Å². The van der Waals surface area contributed by atoms with Crippen molar-refractivity contribution in [2.75, 3.05) is 17.6 Å². The summed E-state index contributed by atoms with van der Waals surface area (Å²) < 4.78 is 1.49. The van der Waals surface area contributed by atoms with Crippen LogP contribution in [0.1, 0.15) is 26.7 Å². The molecule has 2 aromatic rings. The summed E-state index contributed by atoms with van der Waals surface area (Å²) in [5.41, 5.74) is 4.84. The van der Waals surface area contributed by atoms with Crippen LogP contribution in [0, 0.1) is 0 Å². The molecule has 0 saturated heterocycles. The fourth-order valence-corrected chi connectivity index (χ4v) is 1.85. The van der Waals surface area contributed by atoms with Crippen LogP contribution >= 0.6 is 0 Å². The Morgan fingerprint density at radius 1 is 1.40 bits per heavy atom. The van der Waals surface area contributed by atoms with Crippen molar-refractivity contribution in [2.45, 2.75) is 32.3 Å². The number of hydrogen-bond acceptors (Lipinski definition) is 7. The molecule has 0 aliphatic carbocycles. The first-order valence-electron chi connectivity index (χ1n) is 6.48. The molecule has 8 nitrogen and oxygen atoms in total. The van der Waals surface area contributed by atoms with Gasteiger partial charge in [-0.3, -0.25) is 0 Å². The molecular formula is C12H19N7O.